The lowest BCUT2D eigenvalue weighted by Gasteiger charge is -2.25. The summed E-state index contributed by atoms with van der Waals surface area (Å²) in [6.45, 7) is 0. The average Bonchev–Trinajstić information content (AvgIpc) is 3.07. The van der Waals surface area contributed by atoms with Crippen molar-refractivity contribution in [2.45, 2.75) is 38.1 Å². The summed E-state index contributed by atoms with van der Waals surface area (Å²) in [6, 6.07) is 17.4. The predicted molar refractivity (Wildman–Crippen MR) is 101 cm³/mol. The summed E-state index contributed by atoms with van der Waals surface area (Å²) in [5.41, 5.74) is 3.17. The van der Waals surface area contributed by atoms with Crippen molar-refractivity contribution in [2.24, 2.45) is 4.99 Å². The maximum atomic E-state index is 13.3. The molecule has 4 heteroatoms. The Labute approximate surface area is 151 Å². The van der Waals surface area contributed by atoms with E-state index in [2.05, 4.69) is 9.95 Å². The molecule has 2 nitrogen and oxygen atoms in total. The van der Waals surface area contributed by atoms with E-state index in [1.54, 1.807) is 11.3 Å². The van der Waals surface area contributed by atoms with E-state index in [4.69, 9.17) is 4.99 Å². The Morgan fingerprint density at radius 2 is 1.64 bits per heavy atom. The second-order valence-electron chi connectivity index (χ2n) is 6.52. The van der Waals surface area contributed by atoms with Crippen LogP contribution in [0.15, 0.2) is 65.0 Å². The van der Waals surface area contributed by atoms with Gasteiger partial charge in [0.1, 0.15) is 5.82 Å². The summed E-state index contributed by atoms with van der Waals surface area (Å²) in [6.07, 6.45) is 6.22. The van der Waals surface area contributed by atoms with E-state index in [1.165, 1.54) is 44.2 Å². The Morgan fingerprint density at radius 3 is 2.36 bits per heavy atom. The van der Waals surface area contributed by atoms with Crippen molar-refractivity contribution in [2.75, 3.05) is 0 Å². The Balaban J connectivity index is 1.84. The van der Waals surface area contributed by atoms with Crippen molar-refractivity contribution in [1.29, 1.82) is 0 Å². The standard InChI is InChI=1S/C21H21FN2S/c22-17-13-11-16(12-14-17)20-15-25-21(23-18-7-3-1-4-8-18)24(20)19-9-5-2-6-10-19/h1,3-4,7-8,11-15,19H,2,5-6,9-10H2. The third-order valence-corrected chi connectivity index (χ3v) is 5.64. The normalized spacial score (nSPS) is 16.3. The highest BCUT2D eigenvalue weighted by molar-refractivity contribution is 7.07. The highest BCUT2D eigenvalue weighted by Gasteiger charge is 2.20. The van der Waals surface area contributed by atoms with Crippen molar-refractivity contribution in [3.05, 3.63) is 70.6 Å². The zero-order valence-electron chi connectivity index (χ0n) is 14.1. The minimum Gasteiger partial charge on any atom is -0.313 e. The van der Waals surface area contributed by atoms with Crippen LogP contribution in [0.4, 0.5) is 10.1 Å². The van der Waals surface area contributed by atoms with Crippen LogP contribution in [0.3, 0.4) is 0 Å². The van der Waals surface area contributed by atoms with Gasteiger partial charge in [-0.05, 0) is 54.8 Å². The number of benzene rings is 2. The topological polar surface area (TPSA) is 17.3 Å². The summed E-state index contributed by atoms with van der Waals surface area (Å²) >= 11 is 1.67. The number of aromatic nitrogens is 1. The molecular weight excluding hydrogens is 331 g/mol. The third kappa shape index (κ3) is 3.59. The first-order valence-corrected chi connectivity index (χ1v) is 9.75. The van der Waals surface area contributed by atoms with E-state index in [0.29, 0.717) is 6.04 Å². The lowest BCUT2D eigenvalue weighted by atomic mass is 9.95. The zero-order chi connectivity index (χ0) is 17.1. The minimum absolute atomic E-state index is 0.197. The molecule has 0 radical (unpaired) electrons. The molecule has 2 aromatic carbocycles. The highest BCUT2D eigenvalue weighted by atomic mass is 32.1. The first-order valence-electron chi connectivity index (χ1n) is 8.87. The van der Waals surface area contributed by atoms with Crippen molar-refractivity contribution in [1.82, 2.24) is 4.57 Å². The molecule has 1 saturated carbocycles. The van der Waals surface area contributed by atoms with Crippen LogP contribution >= 0.6 is 11.3 Å². The molecule has 1 aliphatic rings. The number of halogens is 1. The van der Waals surface area contributed by atoms with Gasteiger partial charge in [-0.3, -0.25) is 0 Å². The first kappa shape index (κ1) is 16.3. The molecule has 0 atom stereocenters. The monoisotopic (exact) mass is 352 g/mol. The van der Waals surface area contributed by atoms with Crippen LogP contribution in [0.5, 0.6) is 0 Å². The van der Waals surface area contributed by atoms with Gasteiger partial charge >= 0.3 is 0 Å². The largest absolute Gasteiger partial charge is 0.313 e. The van der Waals surface area contributed by atoms with Crippen molar-refractivity contribution < 1.29 is 4.39 Å². The third-order valence-electron chi connectivity index (χ3n) is 4.80. The molecule has 0 N–H and O–H groups in total. The van der Waals surface area contributed by atoms with E-state index in [1.807, 2.05) is 42.5 Å². The van der Waals surface area contributed by atoms with Gasteiger partial charge < -0.3 is 4.57 Å². The van der Waals surface area contributed by atoms with Crippen molar-refractivity contribution in [3.63, 3.8) is 0 Å². The summed E-state index contributed by atoms with van der Waals surface area (Å²) in [4.78, 5) is 5.91. The average molecular weight is 352 g/mol. The quantitative estimate of drug-likeness (QED) is 0.542. The van der Waals surface area contributed by atoms with Crippen LogP contribution in [-0.4, -0.2) is 4.57 Å². The molecule has 1 aliphatic carbocycles. The molecule has 0 saturated heterocycles. The zero-order valence-corrected chi connectivity index (χ0v) is 14.9. The molecule has 0 bridgehead atoms. The van der Waals surface area contributed by atoms with Gasteiger partial charge in [-0.25, -0.2) is 9.38 Å². The number of thiazole rings is 1. The van der Waals surface area contributed by atoms with Gasteiger partial charge in [0.05, 0.1) is 11.4 Å². The molecule has 25 heavy (non-hydrogen) atoms. The lowest BCUT2D eigenvalue weighted by molar-refractivity contribution is 0.351. The van der Waals surface area contributed by atoms with Gasteiger partial charge in [-0.1, -0.05) is 37.5 Å². The number of hydrogen-bond acceptors (Lipinski definition) is 2. The fourth-order valence-corrected chi connectivity index (χ4v) is 4.52. The number of para-hydroxylation sites is 1. The number of nitrogens with zero attached hydrogens (tertiary/aromatic N) is 2. The van der Waals surface area contributed by atoms with Gasteiger partial charge in [0, 0.05) is 11.4 Å². The van der Waals surface area contributed by atoms with Crippen LogP contribution < -0.4 is 4.80 Å². The van der Waals surface area contributed by atoms with Crippen LogP contribution in [0, 0.1) is 5.82 Å². The summed E-state index contributed by atoms with van der Waals surface area (Å²) < 4.78 is 15.7. The number of hydrogen-bond donors (Lipinski definition) is 0. The van der Waals surface area contributed by atoms with E-state index in [9.17, 15) is 4.39 Å². The second-order valence-corrected chi connectivity index (χ2v) is 7.36. The Morgan fingerprint density at radius 1 is 0.920 bits per heavy atom. The van der Waals surface area contributed by atoms with Crippen molar-refractivity contribution >= 4 is 17.0 Å². The van der Waals surface area contributed by atoms with E-state index >= 15 is 0 Å². The molecule has 1 fully saturated rings. The molecule has 4 rings (SSSR count). The van der Waals surface area contributed by atoms with E-state index in [0.717, 1.165) is 21.7 Å². The molecular formula is C21H21FN2S. The Kier molecular flexibility index (Phi) is 4.79. The molecule has 0 unspecified atom stereocenters. The minimum atomic E-state index is -0.197. The molecule has 0 aliphatic heterocycles. The first-order chi connectivity index (χ1) is 12.3. The van der Waals surface area contributed by atoms with Gasteiger partial charge in [-0.15, -0.1) is 11.3 Å². The van der Waals surface area contributed by atoms with E-state index < -0.39 is 0 Å². The smallest absolute Gasteiger partial charge is 0.190 e. The Hall–Kier alpha value is -2.20. The van der Waals surface area contributed by atoms with Gasteiger partial charge in [0.15, 0.2) is 4.80 Å². The molecule has 0 amide bonds. The SMILES string of the molecule is Fc1ccc(-c2csc(=Nc3ccccc3)n2C2CCCCC2)cc1. The molecule has 1 aromatic heterocycles. The fraction of sp³-hybridized carbons (Fsp3) is 0.286. The Bertz CT molecular complexity index is 888. The van der Waals surface area contributed by atoms with E-state index in [-0.39, 0.29) is 5.82 Å². The van der Waals surface area contributed by atoms with Gasteiger partial charge in [0.2, 0.25) is 0 Å². The molecule has 3 aromatic rings. The van der Waals surface area contributed by atoms with Crippen LogP contribution in [-0.2, 0) is 0 Å². The summed E-state index contributed by atoms with van der Waals surface area (Å²) in [5, 5.41) is 2.16. The second kappa shape index (κ2) is 7.36. The van der Waals surface area contributed by atoms with Crippen LogP contribution in [0.1, 0.15) is 38.1 Å². The molecule has 1 heterocycles. The number of rotatable bonds is 3. The van der Waals surface area contributed by atoms with Gasteiger partial charge in [-0.2, -0.15) is 0 Å². The van der Waals surface area contributed by atoms with Crippen molar-refractivity contribution in [3.8, 4) is 11.3 Å². The lowest BCUT2D eigenvalue weighted by Crippen LogP contribution is -2.23. The maximum Gasteiger partial charge on any atom is 0.190 e. The van der Waals surface area contributed by atoms with Crippen LogP contribution in [0.25, 0.3) is 11.3 Å². The van der Waals surface area contributed by atoms with Gasteiger partial charge in [0.25, 0.3) is 0 Å². The summed E-state index contributed by atoms with van der Waals surface area (Å²) in [5.74, 6) is -0.197. The van der Waals surface area contributed by atoms with Crippen LogP contribution in [0.2, 0.25) is 0 Å². The molecule has 128 valence electrons. The fourth-order valence-electron chi connectivity index (χ4n) is 3.54. The summed E-state index contributed by atoms with van der Waals surface area (Å²) in [7, 11) is 0. The highest BCUT2D eigenvalue weighted by Crippen LogP contribution is 2.32. The molecule has 0 spiro atoms. The predicted octanol–water partition coefficient (Wildman–Crippen LogP) is 6.09. The maximum absolute atomic E-state index is 13.3.